The molecule has 0 unspecified atom stereocenters. The molecule has 58 valence electrons. The Hall–Kier alpha value is 0.220. The van der Waals surface area contributed by atoms with Gasteiger partial charge in [0.25, 0.3) is 0 Å². The highest BCUT2D eigenvalue weighted by molar-refractivity contribution is 9.11. The van der Waals surface area contributed by atoms with Gasteiger partial charge in [-0.1, -0.05) is 41.3 Å². The lowest BCUT2D eigenvalue weighted by molar-refractivity contribution is 0.419. The molecule has 1 rings (SSSR count). The summed E-state index contributed by atoms with van der Waals surface area (Å²) >= 11 is 3.47. The molecule has 0 aromatic heterocycles. The van der Waals surface area contributed by atoms with Crippen LogP contribution in [0.15, 0.2) is 10.6 Å². The molecule has 1 heteroatoms. The SMILES string of the molecule is C/C(Br)=C/C1CCCCC1. The second kappa shape index (κ2) is 4.17. The molecule has 0 spiro atoms. The molecule has 0 heterocycles. The molecule has 0 aromatic carbocycles. The Morgan fingerprint density at radius 3 is 2.40 bits per heavy atom. The van der Waals surface area contributed by atoms with Gasteiger partial charge in [-0.2, -0.15) is 0 Å². The predicted octanol–water partition coefficient (Wildman–Crippen LogP) is 3.87. The maximum atomic E-state index is 3.47. The third-order valence-electron chi connectivity index (χ3n) is 2.12. The summed E-state index contributed by atoms with van der Waals surface area (Å²) in [5.74, 6) is 0.869. The molecule has 1 saturated carbocycles. The molecule has 0 N–H and O–H groups in total. The Labute approximate surface area is 71.8 Å². The normalized spacial score (nSPS) is 23.2. The van der Waals surface area contributed by atoms with E-state index in [1.165, 1.54) is 36.6 Å². The molecule has 0 nitrogen and oxygen atoms in total. The first-order valence-corrected chi connectivity index (χ1v) is 4.92. The van der Waals surface area contributed by atoms with Crippen LogP contribution in [-0.2, 0) is 0 Å². The molecule has 0 atom stereocenters. The Morgan fingerprint density at radius 2 is 1.90 bits per heavy atom. The van der Waals surface area contributed by atoms with Gasteiger partial charge in [-0.15, -0.1) is 0 Å². The Morgan fingerprint density at radius 1 is 1.30 bits per heavy atom. The van der Waals surface area contributed by atoms with Crippen molar-refractivity contribution in [3.05, 3.63) is 10.6 Å². The first-order chi connectivity index (χ1) is 4.79. The van der Waals surface area contributed by atoms with Gasteiger partial charge in [0.05, 0.1) is 0 Å². The van der Waals surface area contributed by atoms with Crippen molar-refractivity contribution >= 4 is 15.9 Å². The second-order valence-corrected chi connectivity index (χ2v) is 4.40. The lowest BCUT2D eigenvalue weighted by Crippen LogP contribution is -2.02. The molecular weight excluding hydrogens is 188 g/mol. The van der Waals surface area contributed by atoms with Crippen LogP contribution in [0.4, 0.5) is 0 Å². The van der Waals surface area contributed by atoms with Crippen molar-refractivity contribution in [3.8, 4) is 0 Å². The van der Waals surface area contributed by atoms with Crippen molar-refractivity contribution in [1.82, 2.24) is 0 Å². The molecule has 0 aliphatic heterocycles. The van der Waals surface area contributed by atoms with Crippen molar-refractivity contribution in [2.45, 2.75) is 39.0 Å². The lowest BCUT2D eigenvalue weighted by atomic mass is 9.89. The van der Waals surface area contributed by atoms with Gasteiger partial charge in [0, 0.05) is 0 Å². The number of hydrogen-bond acceptors (Lipinski definition) is 0. The maximum Gasteiger partial charge on any atom is -0.0117 e. The Balaban J connectivity index is 2.33. The number of hydrogen-bond donors (Lipinski definition) is 0. The zero-order valence-electron chi connectivity index (χ0n) is 6.57. The van der Waals surface area contributed by atoms with E-state index < -0.39 is 0 Å². The molecule has 1 aliphatic rings. The van der Waals surface area contributed by atoms with Gasteiger partial charge in [0.15, 0.2) is 0 Å². The summed E-state index contributed by atoms with van der Waals surface area (Å²) in [4.78, 5) is 0. The zero-order valence-corrected chi connectivity index (χ0v) is 8.15. The first kappa shape index (κ1) is 8.32. The molecule has 0 bridgehead atoms. The molecule has 1 aliphatic carbocycles. The highest BCUT2D eigenvalue weighted by Crippen LogP contribution is 2.26. The predicted molar refractivity (Wildman–Crippen MR) is 49.3 cm³/mol. The van der Waals surface area contributed by atoms with E-state index in [0.717, 1.165) is 5.92 Å². The van der Waals surface area contributed by atoms with Crippen molar-refractivity contribution in [2.24, 2.45) is 5.92 Å². The van der Waals surface area contributed by atoms with Crippen LogP contribution in [0.5, 0.6) is 0 Å². The van der Waals surface area contributed by atoms with Crippen LogP contribution in [-0.4, -0.2) is 0 Å². The Kier molecular flexibility index (Phi) is 3.47. The van der Waals surface area contributed by atoms with E-state index in [2.05, 4.69) is 28.9 Å². The van der Waals surface area contributed by atoms with Gasteiger partial charge in [-0.3, -0.25) is 0 Å². The third-order valence-corrected chi connectivity index (χ3v) is 2.38. The van der Waals surface area contributed by atoms with Gasteiger partial charge in [0.2, 0.25) is 0 Å². The molecule has 10 heavy (non-hydrogen) atoms. The summed E-state index contributed by atoms with van der Waals surface area (Å²) in [7, 11) is 0. The average Bonchev–Trinajstić information content (AvgIpc) is 1.88. The smallest absolute Gasteiger partial charge is 0.0117 e. The Bertz CT molecular complexity index is 117. The largest absolute Gasteiger partial charge is 0.0715 e. The first-order valence-electron chi connectivity index (χ1n) is 4.13. The van der Waals surface area contributed by atoms with Crippen molar-refractivity contribution in [3.63, 3.8) is 0 Å². The van der Waals surface area contributed by atoms with Crippen LogP contribution in [0, 0.1) is 5.92 Å². The number of rotatable bonds is 1. The fraction of sp³-hybridized carbons (Fsp3) is 0.778. The van der Waals surface area contributed by atoms with Crippen molar-refractivity contribution in [2.75, 3.05) is 0 Å². The standard InChI is InChI=1S/C9H15Br/c1-8(10)7-9-5-3-2-4-6-9/h7,9H,2-6H2,1H3/b8-7-. The maximum absolute atomic E-state index is 3.47. The molecule has 0 saturated heterocycles. The molecule has 0 radical (unpaired) electrons. The van der Waals surface area contributed by atoms with Gasteiger partial charge >= 0.3 is 0 Å². The third kappa shape index (κ3) is 2.87. The summed E-state index contributed by atoms with van der Waals surface area (Å²) in [5.41, 5.74) is 0. The van der Waals surface area contributed by atoms with Gasteiger partial charge in [-0.25, -0.2) is 0 Å². The van der Waals surface area contributed by atoms with Gasteiger partial charge in [0.1, 0.15) is 0 Å². The fourth-order valence-electron chi connectivity index (χ4n) is 1.63. The summed E-state index contributed by atoms with van der Waals surface area (Å²) in [6, 6.07) is 0. The molecule has 1 fully saturated rings. The van der Waals surface area contributed by atoms with Crippen LogP contribution in [0.25, 0.3) is 0 Å². The lowest BCUT2D eigenvalue weighted by Gasteiger charge is -2.17. The van der Waals surface area contributed by atoms with Gasteiger partial charge < -0.3 is 0 Å². The van der Waals surface area contributed by atoms with E-state index in [9.17, 15) is 0 Å². The zero-order chi connectivity index (χ0) is 7.40. The summed E-state index contributed by atoms with van der Waals surface area (Å²) in [6.07, 6.45) is 9.49. The number of halogens is 1. The van der Waals surface area contributed by atoms with E-state index >= 15 is 0 Å². The van der Waals surface area contributed by atoms with E-state index in [0.29, 0.717) is 0 Å². The molecular formula is C9H15Br. The monoisotopic (exact) mass is 202 g/mol. The number of allylic oxidation sites excluding steroid dienone is 2. The van der Waals surface area contributed by atoms with Gasteiger partial charge in [-0.05, 0) is 30.2 Å². The summed E-state index contributed by atoms with van der Waals surface area (Å²) < 4.78 is 1.31. The van der Waals surface area contributed by atoms with Crippen molar-refractivity contribution < 1.29 is 0 Å². The van der Waals surface area contributed by atoms with Crippen LogP contribution >= 0.6 is 15.9 Å². The quantitative estimate of drug-likeness (QED) is 0.606. The summed E-state index contributed by atoms with van der Waals surface area (Å²) in [5, 5.41) is 0. The van der Waals surface area contributed by atoms with E-state index in [1.807, 2.05) is 0 Å². The average molecular weight is 203 g/mol. The van der Waals surface area contributed by atoms with Crippen LogP contribution in [0.3, 0.4) is 0 Å². The van der Waals surface area contributed by atoms with E-state index in [1.54, 1.807) is 0 Å². The van der Waals surface area contributed by atoms with Crippen LogP contribution < -0.4 is 0 Å². The molecule has 0 amide bonds. The van der Waals surface area contributed by atoms with Crippen molar-refractivity contribution in [1.29, 1.82) is 0 Å². The molecule has 0 aromatic rings. The summed E-state index contributed by atoms with van der Waals surface area (Å²) in [6.45, 7) is 2.12. The van der Waals surface area contributed by atoms with E-state index in [4.69, 9.17) is 0 Å². The minimum absolute atomic E-state index is 0.869. The highest BCUT2D eigenvalue weighted by Gasteiger charge is 2.09. The van der Waals surface area contributed by atoms with E-state index in [-0.39, 0.29) is 0 Å². The fourth-order valence-corrected chi connectivity index (χ4v) is 2.00. The second-order valence-electron chi connectivity index (χ2n) is 3.15. The van der Waals surface area contributed by atoms with Crippen LogP contribution in [0.2, 0.25) is 0 Å². The van der Waals surface area contributed by atoms with Crippen LogP contribution in [0.1, 0.15) is 39.0 Å². The topological polar surface area (TPSA) is 0 Å². The minimum Gasteiger partial charge on any atom is -0.0715 e. The minimum atomic E-state index is 0.869. The highest BCUT2D eigenvalue weighted by atomic mass is 79.9.